The molecule has 0 unspecified atom stereocenters. The van der Waals surface area contributed by atoms with Gasteiger partial charge in [-0.25, -0.2) is 9.78 Å². The summed E-state index contributed by atoms with van der Waals surface area (Å²) >= 11 is 0. The maximum absolute atomic E-state index is 12.1. The van der Waals surface area contributed by atoms with E-state index in [2.05, 4.69) is 27.5 Å². The van der Waals surface area contributed by atoms with Crippen molar-refractivity contribution >= 4 is 23.7 Å². The van der Waals surface area contributed by atoms with Gasteiger partial charge in [-0.1, -0.05) is 12.8 Å². The van der Waals surface area contributed by atoms with Crippen LogP contribution >= 0.6 is 0 Å². The molecule has 0 aliphatic carbocycles. The predicted octanol–water partition coefficient (Wildman–Crippen LogP) is -0.225. The monoisotopic (exact) mass is 360 g/mol. The topological polar surface area (TPSA) is 121 Å². The summed E-state index contributed by atoms with van der Waals surface area (Å²) in [7, 11) is 1.44. The molecule has 1 aromatic rings. The highest BCUT2D eigenvalue weighted by molar-refractivity contribution is 6.08. The van der Waals surface area contributed by atoms with E-state index in [1.807, 2.05) is 0 Å². The van der Waals surface area contributed by atoms with Crippen LogP contribution in [0.3, 0.4) is 0 Å². The van der Waals surface area contributed by atoms with Crippen LogP contribution in [-0.4, -0.2) is 53.7 Å². The van der Waals surface area contributed by atoms with Crippen LogP contribution in [0, 0.1) is 11.8 Å². The molecule has 1 saturated heterocycles. The van der Waals surface area contributed by atoms with Crippen molar-refractivity contribution in [3.8, 4) is 17.6 Å². The number of carbonyl (C=O) groups excluding carboxylic acids is 3. The van der Waals surface area contributed by atoms with Crippen LogP contribution in [0.15, 0.2) is 12.1 Å². The van der Waals surface area contributed by atoms with Gasteiger partial charge < -0.3 is 15.2 Å². The summed E-state index contributed by atoms with van der Waals surface area (Å²) in [5, 5.41) is 13.7. The lowest BCUT2D eigenvalue weighted by molar-refractivity contribution is -0.121. The van der Waals surface area contributed by atoms with Gasteiger partial charge in [0.15, 0.2) is 17.0 Å². The third-order valence-corrected chi connectivity index (χ3v) is 3.74. The molecule has 2 rings (SSSR count). The molecule has 1 fully saturated rings. The Hall–Kier alpha value is -3.12. The lowest BCUT2D eigenvalue weighted by atomic mass is 10.0. The second-order valence-electron chi connectivity index (χ2n) is 5.63. The minimum atomic E-state index is -1.39. The first-order valence-electron chi connectivity index (χ1n) is 7.97. The molecule has 0 radical (unpaired) electrons. The number of rotatable bonds is 5. The first-order valence-corrected chi connectivity index (χ1v) is 7.97. The zero-order valence-electron chi connectivity index (χ0n) is 14.8. The summed E-state index contributed by atoms with van der Waals surface area (Å²) in [6, 6.07) is 2.55. The summed E-state index contributed by atoms with van der Waals surface area (Å²) in [6.07, 6.45) is 0.249. The summed E-state index contributed by atoms with van der Waals surface area (Å²) in [5.41, 5.74) is -1.18. The lowest BCUT2D eigenvalue weighted by Crippen LogP contribution is -2.42. The van der Waals surface area contributed by atoms with E-state index >= 15 is 0 Å². The van der Waals surface area contributed by atoms with Crippen LogP contribution < -0.4 is 20.3 Å². The van der Waals surface area contributed by atoms with Gasteiger partial charge >= 0.3 is 6.03 Å². The molecule has 138 valence electrons. The number of hydrogen-bond acceptors (Lipinski definition) is 6. The van der Waals surface area contributed by atoms with Crippen molar-refractivity contribution in [3.05, 3.63) is 17.8 Å². The standard InChI is InChI=1S/C17H20N4O5/c1-4-14(23)21(9-10-22)13-6-5-12(26-3)11(18-13)7-8-17(2)15(24)19-16(25)20-17/h5-6,22H,4,9-10H2,1-3H3,(H2,19,20,24,25)/t17-/m0/s1. The number of hydrogen-bond donors (Lipinski definition) is 3. The SMILES string of the molecule is CCC(=O)N(CCO)c1ccc(OC)c(C#C[C@]2(C)NC(=O)NC2=O)n1. The first-order chi connectivity index (χ1) is 12.3. The number of urea groups is 1. The quantitative estimate of drug-likeness (QED) is 0.493. The molecular formula is C17H20N4O5. The van der Waals surface area contributed by atoms with E-state index in [0.717, 1.165) is 0 Å². The highest BCUT2D eigenvalue weighted by Gasteiger charge is 2.40. The Morgan fingerprint density at radius 2 is 2.15 bits per heavy atom. The van der Waals surface area contributed by atoms with Gasteiger partial charge in [0.2, 0.25) is 5.91 Å². The Morgan fingerprint density at radius 3 is 2.69 bits per heavy atom. The average molecular weight is 360 g/mol. The first kappa shape index (κ1) is 19.2. The number of carbonyl (C=O) groups is 3. The molecular weight excluding hydrogens is 340 g/mol. The molecule has 3 N–H and O–H groups in total. The van der Waals surface area contributed by atoms with Gasteiger partial charge in [0.25, 0.3) is 5.91 Å². The van der Waals surface area contributed by atoms with E-state index in [-0.39, 0.29) is 31.2 Å². The fraction of sp³-hybridized carbons (Fsp3) is 0.412. The smallest absolute Gasteiger partial charge is 0.323 e. The van der Waals surface area contributed by atoms with Gasteiger partial charge in [-0.3, -0.25) is 19.8 Å². The Labute approximate surface area is 150 Å². The number of imide groups is 1. The Balaban J connectivity index is 2.42. The van der Waals surface area contributed by atoms with Crippen LogP contribution in [0.1, 0.15) is 26.0 Å². The molecule has 0 saturated carbocycles. The average Bonchev–Trinajstić information content (AvgIpc) is 2.89. The molecule has 1 atom stereocenters. The fourth-order valence-corrected chi connectivity index (χ4v) is 2.31. The van der Waals surface area contributed by atoms with Crippen LogP contribution in [0.4, 0.5) is 10.6 Å². The number of nitrogens with zero attached hydrogens (tertiary/aromatic N) is 2. The molecule has 0 spiro atoms. The van der Waals surface area contributed by atoms with Crippen molar-refractivity contribution in [1.82, 2.24) is 15.6 Å². The molecule has 0 aromatic carbocycles. The van der Waals surface area contributed by atoms with Crippen LogP contribution in [0.2, 0.25) is 0 Å². The van der Waals surface area contributed by atoms with E-state index in [1.54, 1.807) is 19.1 Å². The molecule has 1 aliphatic heterocycles. The van der Waals surface area contributed by atoms with Crippen molar-refractivity contribution in [2.45, 2.75) is 25.8 Å². The van der Waals surface area contributed by atoms with Gasteiger partial charge in [-0.2, -0.15) is 0 Å². The summed E-state index contributed by atoms with van der Waals surface area (Å²) in [6.45, 7) is 3.05. The van der Waals surface area contributed by atoms with E-state index < -0.39 is 17.5 Å². The van der Waals surface area contributed by atoms with Crippen molar-refractivity contribution < 1.29 is 24.2 Å². The molecule has 1 aromatic heterocycles. The molecule has 0 bridgehead atoms. The van der Waals surface area contributed by atoms with Gasteiger partial charge in [-0.05, 0) is 25.0 Å². The van der Waals surface area contributed by atoms with Crippen LogP contribution in [0.5, 0.6) is 5.75 Å². The summed E-state index contributed by atoms with van der Waals surface area (Å²) < 4.78 is 5.22. The highest BCUT2D eigenvalue weighted by atomic mass is 16.5. The number of amides is 4. The van der Waals surface area contributed by atoms with Gasteiger partial charge in [0.1, 0.15) is 5.82 Å². The zero-order valence-corrected chi connectivity index (χ0v) is 14.8. The predicted molar refractivity (Wildman–Crippen MR) is 92.5 cm³/mol. The number of aromatic nitrogens is 1. The summed E-state index contributed by atoms with van der Waals surface area (Å²) in [4.78, 5) is 40.9. The number of anilines is 1. The molecule has 9 heteroatoms. The highest BCUT2D eigenvalue weighted by Crippen LogP contribution is 2.21. The maximum atomic E-state index is 12.1. The molecule has 9 nitrogen and oxygen atoms in total. The van der Waals surface area contributed by atoms with Gasteiger partial charge in [-0.15, -0.1) is 0 Å². The normalized spacial score (nSPS) is 18.5. The third-order valence-electron chi connectivity index (χ3n) is 3.74. The van der Waals surface area contributed by atoms with Crippen LogP contribution in [0.25, 0.3) is 0 Å². The van der Waals surface area contributed by atoms with Gasteiger partial charge in [0.05, 0.1) is 20.3 Å². The number of aliphatic hydroxyl groups is 1. The van der Waals surface area contributed by atoms with Gasteiger partial charge in [0, 0.05) is 6.42 Å². The molecule has 4 amide bonds. The number of pyridine rings is 1. The lowest BCUT2D eigenvalue weighted by Gasteiger charge is -2.20. The van der Waals surface area contributed by atoms with E-state index in [4.69, 9.17) is 4.74 Å². The molecule has 1 aliphatic rings. The number of nitrogens with one attached hydrogen (secondary N) is 2. The van der Waals surface area contributed by atoms with E-state index in [1.165, 1.54) is 18.9 Å². The van der Waals surface area contributed by atoms with Crippen molar-refractivity contribution in [2.24, 2.45) is 0 Å². The van der Waals surface area contributed by atoms with E-state index in [9.17, 15) is 19.5 Å². The number of ether oxygens (including phenoxy) is 1. The fourth-order valence-electron chi connectivity index (χ4n) is 2.31. The van der Waals surface area contributed by atoms with Crippen LogP contribution in [-0.2, 0) is 9.59 Å². The Bertz CT molecular complexity index is 798. The van der Waals surface area contributed by atoms with Crippen molar-refractivity contribution in [1.29, 1.82) is 0 Å². The third kappa shape index (κ3) is 3.92. The number of aliphatic hydroxyl groups excluding tert-OH is 1. The number of methoxy groups -OCH3 is 1. The summed E-state index contributed by atoms with van der Waals surface area (Å²) in [5.74, 6) is 5.30. The Kier molecular flexibility index (Phi) is 5.79. The minimum absolute atomic E-state index is 0.0923. The molecule has 26 heavy (non-hydrogen) atoms. The van der Waals surface area contributed by atoms with Crippen molar-refractivity contribution in [3.63, 3.8) is 0 Å². The maximum Gasteiger partial charge on any atom is 0.323 e. The second kappa shape index (κ2) is 7.84. The minimum Gasteiger partial charge on any atom is -0.494 e. The van der Waals surface area contributed by atoms with E-state index in [0.29, 0.717) is 11.6 Å². The second-order valence-corrected chi connectivity index (χ2v) is 5.63. The molecule has 2 heterocycles. The zero-order chi connectivity index (χ0) is 19.3. The van der Waals surface area contributed by atoms with Crippen molar-refractivity contribution in [2.75, 3.05) is 25.2 Å². The Morgan fingerprint density at radius 1 is 1.42 bits per heavy atom. The largest absolute Gasteiger partial charge is 0.494 e.